The number of carbonyl (C=O) groups is 2. The monoisotopic (exact) mass is 196 g/mol. The number of allylic oxidation sites excluding steroid dienone is 2. The van der Waals surface area contributed by atoms with Gasteiger partial charge < -0.3 is 10.2 Å². The van der Waals surface area contributed by atoms with Crippen LogP contribution in [0.5, 0.6) is 0 Å². The number of carboxylic acids is 2. The fraction of sp³-hybridized carbons (Fsp3) is 0.600. The molecule has 0 aromatic rings. The highest BCUT2D eigenvalue weighted by Crippen LogP contribution is 2.56. The van der Waals surface area contributed by atoms with Gasteiger partial charge in [0.1, 0.15) is 0 Å². The summed E-state index contributed by atoms with van der Waals surface area (Å²) in [5.41, 5.74) is -0.459. The summed E-state index contributed by atoms with van der Waals surface area (Å²) in [4.78, 5) is 22.0. The molecule has 0 aromatic heterocycles. The van der Waals surface area contributed by atoms with E-state index in [0.717, 1.165) is 0 Å². The van der Waals surface area contributed by atoms with Crippen LogP contribution in [-0.4, -0.2) is 22.2 Å². The van der Waals surface area contributed by atoms with Gasteiger partial charge in [-0.25, -0.2) is 0 Å². The van der Waals surface area contributed by atoms with Crippen molar-refractivity contribution >= 4 is 11.9 Å². The zero-order chi connectivity index (χ0) is 10.5. The lowest BCUT2D eigenvalue weighted by atomic mass is 9.75. The quantitative estimate of drug-likeness (QED) is 0.646. The van der Waals surface area contributed by atoms with E-state index in [-0.39, 0.29) is 5.92 Å². The predicted octanol–water partition coefficient (Wildman–Crippen LogP) is 0.984. The van der Waals surface area contributed by atoms with Gasteiger partial charge in [-0.2, -0.15) is 0 Å². The maximum atomic E-state index is 11.0. The molecule has 4 atom stereocenters. The Morgan fingerprint density at radius 3 is 2.43 bits per heavy atom. The van der Waals surface area contributed by atoms with E-state index in [2.05, 4.69) is 0 Å². The summed E-state index contributed by atoms with van der Waals surface area (Å²) in [6.45, 7) is 1.82. The first-order valence-corrected chi connectivity index (χ1v) is 4.61. The van der Waals surface area contributed by atoms with Crippen molar-refractivity contribution in [2.75, 3.05) is 0 Å². The molecular weight excluding hydrogens is 184 g/mol. The SMILES string of the molecule is CC12C=CC(C1)C(C(=O)O)C2C(=O)O. The van der Waals surface area contributed by atoms with Gasteiger partial charge in [0.15, 0.2) is 0 Å². The van der Waals surface area contributed by atoms with E-state index in [9.17, 15) is 9.59 Å². The average Bonchev–Trinajstić information content (AvgIpc) is 2.55. The molecule has 4 nitrogen and oxygen atoms in total. The van der Waals surface area contributed by atoms with E-state index in [0.29, 0.717) is 6.42 Å². The van der Waals surface area contributed by atoms with Gasteiger partial charge in [-0.3, -0.25) is 9.59 Å². The van der Waals surface area contributed by atoms with E-state index in [1.807, 2.05) is 19.1 Å². The molecule has 0 heterocycles. The average molecular weight is 196 g/mol. The number of rotatable bonds is 2. The molecule has 0 radical (unpaired) electrons. The molecule has 2 N–H and O–H groups in total. The summed E-state index contributed by atoms with van der Waals surface area (Å²) in [6.07, 6.45) is 4.36. The lowest BCUT2D eigenvalue weighted by Crippen LogP contribution is -2.36. The molecule has 0 aromatic carbocycles. The van der Waals surface area contributed by atoms with Gasteiger partial charge in [0.05, 0.1) is 11.8 Å². The number of aliphatic carboxylic acids is 2. The standard InChI is InChI=1S/C10H12O4/c1-10-3-2-5(4-10)6(8(11)12)7(10)9(13)14/h2-3,5-7H,4H2,1H3,(H,11,12)(H,13,14). The van der Waals surface area contributed by atoms with Gasteiger partial charge in [0.25, 0.3) is 0 Å². The molecule has 1 fully saturated rings. The van der Waals surface area contributed by atoms with Crippen LogP contribution in [0.1, 0.15) is 13.3 Å². The molecule has 2 bridgehead atoms. The van der Waals surface area contributed by atoms with Crippen molar-refractivity contribution in [1.29, 1.82) is 0 Å². The smallest absolute Gasteiger partial charge is 0.308 e. The summed E-state index contributed by atoms with van der Waals surface area (Å²) in [6, 6.07) is 0. The third kappa shape index (κ3) is 0.997. The van der Waals surface area contributed by atoms with Crippen LogP contribution in [0.25, 0.3) is 0 Å². The lowest BCUT2D eigenvalue weighted by Gasteiger charge is -2.27. The molecule has 2 aliphatic rings. The molecule has 76 valence electrons. The molecule has 4 heteroatoms. The second-order valence-corrected chi connectivity index (χ2v) is 4.41. The lowest BCUT2D eigenvalue weighted by molar-refractivity contribution is -0.155. The minimum absolute atomic E-state index is 0.0985. The van der Waals surface area contributed by atoms with Crippen molar-refractivity contribution in [3.63, 3.8) is 0 Å². The zero-order valence-electron chi connectivity index (χ0n) is 7.80. The van der Waals surface area contributed by atoms with Crippen molar-refractivity contribution in [3.8, 4) is 0 Å². The third-order valence-electron chi connectivity index (χ3n) is 3.48. The Bertz CT molecular complexity index is 333. The van der Waals surface area contributed by atoms with Crippen molar-refractivity contribution in [2.24, 2.45) is 23.2 Å². The van der Waals surface area contributed by atoms with Crippen molar-refractivity contribution in [1.82, 2.24) is 0 Å². The minimum atomic E-state index is -0.994. The van der Waals surface area contributed by atoms with Crippen molar-refractivity contribution in [3.05, 3.63) is 12.2 Å². The molecule has 0 saturated heterocycles. The Morgan fingerprint density at radius 1 is 1.36 bits per heavy atom. The number of hydrogen-bond donors (Lipinski definition) is 2. The van der Waals surface area contributed by atoms with Crippen LogP contribution < -0.4 is 0 Å². The largest absolute Gasteiger partial charge is 0.481 e. The topological polar surface area (TPSA) is 74.6 Å². The van der Waals surface area contributed by atoms with Crippen LogP contribution >= 0.6 is 0 Å². The van der Waals surface area contributed by atoms with Crippen LogP contribution in [0.2, 0.25) is 0 Å². The van der Waals surface area contributed by atoms with E-state index in [1.54, 1.807) is 0 Å². The molecule has 4 unspecified atom stereocenters. The third-order valence-corrected chi connectivity index (χ3v) is 3.48. The second-order valence-electron chi connectivity index (χ2n) is 4.41. The maximum absolute atomic E-state index is 11.0. The highest BCUT2D eigenvalue weighted by atomic mass is 16.4. The van der Waals surface area contributed by atoms with Gasteiger partial charge in [-0.15, -0.1) is 0 Å². The van der Waals surface area contributed by atoms with Crippen molar-refractivity contribution in [2.45, 2.75) is 13.3 Å². The van der Waals surface area contributed by atoms with Gasteiger partial charge in [-0.1, -0.05) is 19.1 Å². The predicted molar refractivity (Wildman–Crippen MR) is 47.6 cm³/mol. The summed E-state index contributed by atoms with van der Waals surface area (Å²) in [7, 11) is 0. The van der Waals surface area contributed by atoms with Gasteiger partial charge >= 0.3 is 11.9 Å². The van der Waals surface area contributed by atoms with Gasteiger partial charge in [0.2, 0.25) is 0 Å². The summed E-state index contributed by atoms with van der Waals surface area (Å²) >= 11 is 0. The van der Waals surface area contributed by atoms with E-state index >= 15 is 0 Å². The number of hydrogen-bond acceptors (Lipinski definition) is 2. The van der Waals surface area contributed by atoms with Crippen LogP contribution in [0.15, 0.2) is 12.2 Å². The first-order chi connectivity index (χ1) is 6.46. The number of fused-ring (bicyclic) bond motifs is 2. The van der Waals surface area contributed by atoms with Crippen LogP contribution in [0, 0.1) is 23.2 Å². The molecular formula is C10H12O4. The highest BCUT2D eigenvalue weighted by molar-refractivity contribution is 5.83. The van der Waals surface area contributed by atoms with Crippen LogP contribution in [0.3, 0.4) is 0 Å². The maximum Gasteiger partial charge on any atom is 0.308 e. The Hall–Kier alpha value is -1.32. The van der Waals surface area contributed by atoms with E-state index in [4.69, 9.17) is 10.2 Å². The fourth-order valence-corrected chi connectivity index (χ4v) is 2.88. The highest BCUT2D eigenvalue weighted by Gasteiger charge is 2.58. The molecule has 0 spiro atoms. The van der Waals surface area contributed by atoms with Gasteiger partial charge in [0, 0.05) is 5.41 Å². The fourth-order valence-electron chi connectivity index (χ4n) is 2.88. The van der Waals surface area contributed by atoms with E-state index in [1.165, 1.54) is 0 Å². The Labute approximate surface area is 81.2 Å². The summed E-state index contributed by atoms with van der Waals surface area (Å²) in [5, 5.41) is 18.0. The molecule has 0 amide bonds. The molecule has 14 heavy (non-hydrogen) atoms. The zero-order valence-corrected chi connectivity index (χ0v) is 7.80. The second kappa shape index (κ2) is 2.59. The Balaban J connectivity index is 2.41. The molecule has 0 aliphatic heterocycles. The normalized spacial score (nSPS) is 44.2. The van der Waals surface area contributed by atoms with E-state index < -0.39 is 29.2 Å². The number of carboxylic acid groups (broad SMARTS) is 2. The molecule has 1 saturated carbocycles. The van der Waals surface area contributed by atoms with Crippen molar-refractivity contribution < 1.29 is 19.8 Å². The molecule has 2 rings (SSSR count). The van der Waals surface area contributed by atoms with Crippen LogP contribution in [-0.2, 0) is 9.59 Å². The summed E-state index contributed by atoms with van der Waals surface area (Å²) in [5.74, 6) is -3.60. The Morgan fingerprint density at radius 2 is 2.00 bits per heavy atom. The first-order valence-electron chi connectivity index (χ1n) is 4.61. The van der Waals surface area contributed by atoms with Crippen LogP contribution in [0.4, 0.5) is 0 Å². The first kappa shape index (κ1) is 9.24. The molecule has 2 aliphatic carbocycles. The van der Waals surface area contributed by atoms with Gasteiger partial charge in [-0.05, 0) is 12.3 Å². The Kier molecular flexibility index (Phi) is 1.71. The minimum Gasteiger partial charge on any atom is -0.481 e. The summed E-state index contributed by atoms with van der Waals surface area (Å²) < 4.78 is 0.